The molecule has 0 saturated heterocycles. The van der Waals surface area contributed by atoms with E-state index in [1.54, 1.807) is 7.11 Å². The molecule has 3 aromatic rings. The van der Waals surface area contributed by atoms with Crippen molar-refractivity contribution in [2.75, 3.05) is 13.7 Å². The van der Waals surface area contributed by atoms with Crippen LogP contribution in [0.4, 0.5) is 0 Å². The SMILES string of the molecule is COc1ccccc1CNCCc1ccc2[nH]ccc2c1. The standard InChI is InChI=1S/C18H20N2O/c1-21-18-5-3-2-4-16(18)13-19-10-8-14-6-7-17-15(12-14)9-11-20-17/h2-7,9,11-12,19-20H,8,10,13H2,1H3. The molecule has 21 heavy (non-hydrogen) atoms. The van der Waals surface area contributed by atoms with Gasteiger partial charge in [-0.25, -0.2) is 0 Å². The zero-order valence-electron chi connectivity index (χ0n) is 12.2. The Kier molecular flexibility index (Phi) is 4.22. The van der Waals surface area contributed by atoms with Gasteiger partial charge in [-0.15, -0.1) is 0 Å². The predicted octanol–water partition coefficient (Wildman–Crippen LogP) is 3.51. The second-order valence-corrected chi connectivity index (χ2v) is 5.14. The van der Waals surface area contributed by atoms with Crippen molar-refractivity contribution in [3.63, 3.8) is 0 Å². The van der Waals surface area contributed by atoms with Gasteiger partial charge in [0.05, 0.1) is 7.11 Å². The average molecular weight is 280 g/mol. The molecule has 0 unspecified atom stereocenters. The molecule has 0 fully saturated rings. The van der Waals surface area contributed by atoms with Crippen molar-refractivity contribution in [2.45, 2.75) is 13.0 Å². The lowest BCUT2D eigenvalue weighted by Gasteiger charge is -2.09. The monoisotopic (exact) mass is 280 g/mol. The number of benzene rings is 2. The Bertz CT molecular complexity index is 718. The lowest BCUT2D eigenvalue weighted by Crippen LogP contribution is -2.17. The maximum atomic E-state index is 5.36. The minimum Gasteiger partial charge on any atom is -0.496 e. The van der Waals surface area contributed by atoms with Crippen LogP contribution < -0.4 is 10.1 Å². The highest BCUT2D eigenvalue weighted by atomic mass is 16.5. The Morgan fingerprint density at radius 2 is 2.00 bits per heavy atom. The maximum absolute atomic E-state index is 5.36. The third-order valence-electron chi connectivity index (χ3n) is 3.72. The van der Waals surface area contributed by atoms with E-state index in [-0.39, 0.29) is 0 Å². The van der Waals surface area contributed by atoms with Crippen LogP contribution >= 0.6 is 0 Å². The van der Waals surface area contributed by atoms with Crippen LogP contribution in [0.1, 0.15) is 11.1 Å². The molecule has 0 aliphatic carbocycles. The van der Waals surface area contributed by atoms with E-state index in [9.17, 15) is 0 Å². The summed E-state index contributed by atoms with van der Waals surface area (Å²) in [5.41, 5.74) is 3.75. The van der Waals surface area contributed by atoms with Crippen molar-refractivity contribution >= 4 is 10.9 Å². The van der Waals surface area contributed by atoms with Gasteiger partial charge in [-0.1, -0.05) is 24.3 Å². The fraction of sp³-hybridized carbons (Fsp3) is 0.222. The molecule has 0 radical (unpaired) electrons. The van der Waals surface area contributed by atoms with Crippen LogP contribution in [0.25, 0.3) is 10.9 Å². The van der Waals surface area contributed by atoms with Gasteiger partial charge < -0.3 is 15.0 Å². The smallest absolute Gasteiger partial charge is 0.123 e. The largest absolute Gasteiger partial charge is 0.496 e. The molecule has 0 spiro atoms. The molecule has 3 rings (SSSR count). The van der Waals surface area contributed by atoms with E-state index in [1.165, 1.54) is 22.0 Å². The van der Waals surface area contributed by atoms with Gasteiger partial charge >= 0.3 is 0 Å². The fourth-order valence-corrected chi connectivity index (χ4v) is 2.56. The Hall–Kier alpha value is -2.26. The number of H-pyrrole nitrogens is 1. The number of rotatable bonds is 6. The highest BCUT2D eigenvalue weighted by Gasteiger charge is 2.01. The summed E-state index contributed by atoms with van der Waals surface area (Å²) in [6, 6.07) is 16.8. The third kappa shape index (κ3) is 3.26. The quantitative estimate of drug-likeness (QED) is 0.678. The topological polar surface area (TPSA) is 37.0 Å². The van der Waals surface area contributed by atoms with Gasteiger partial charge in [0.15, 0.2) is 0 Å². The minimum absolute atomic E-state index is 0.830. The zero-order valence-corrected chi connectivity index (χ0v) is 12.2. The molecular formula is C18H20N2O. The minimum atomic E-state index is 0.830. The molecule has 0 aliphatic rings. The van der Waals surface area contributed by atoms with Gasteiger partial charge in [0.1, 0.15) is 5.75 Å². The summed E-state index contributed by atoms with van der Waals surface area (Å²) in [5.74, 6) is 0.943. The predicted molar refractivity (Wildman–Crippen MR) is 86.7 cm³/mol. The lowest BCUT2D eigenvalue weighted by molar-refractivity contribution is 0.408. The summed E-state index contributed by atoms with van der Waals surface area (Å²) in [5, 5.41) is 4.75. The van der Waals surface area contributed by atoms with Crippen LogP contribution in [0.5, 0.6) is 5.75 Å². The molecule has 0 amide bonds. The van der Waals surface area contributed by atoms with Crippen molar-refractivity contribution in [1.29, 1.82) is 0 Å². The average Bonchev–Trinajstić information content (AvgIpc) is 2.99. The number of nitrogens with one attached hydrogen (secondary N) is 2. The molecular weight excluding hydrogens is 260 g/mol. The molecule has 0 saturated carbocycles. The van der Waals surface area contributed by atoms with Crippen molar-refractivity contribution in [2.24, 2.45) is 0 Å². The van der Waals surface area contributed by atoms with Gasteiger partial charge in [-0.05, 0) is 48.2 Å². The van der Waals surface area contributed by atoms with Gasteiger partial charge in [0.25, 0.3) is 0 Å². The Morgan fingerprint density at radius 1 is 1.10 bits per heavy atom. The van der Waals surface area contributed by atoms with E-state index in [1.807, 2.05) is 24.4 Å². The van der Waals surface area contributed by atoms with E-state index in [0.717, 1.165) is 25.3 Å². The molecule has 1 heterocycles. The molecule has 3 heteroatoms. The third-order valence-corrected chi connectivity index (χ3v) is 3.72. The number of para-hydroxylation sites is 1. The molecule has 2 aromatic carbocycles. The summed E-state index contributed by atoms with van der Waals surface area (Å²) in [4.78, 5) is 3.22. The second-order valence-electron chi connectivity index (χ2n) is 5.14. The molecule has 0 aliphatic heterocycles. The highest BCUT2D eigenvalue weighted by Crippen LogP contribution is 2.17. The van der Waals surface area contributed by atoms with Gasteiger partial charge in [-0.2, -0.15) is 0 Å². The lowest BCUT2D eigenvalue weighted by atomic mass is 10.1. The Balaban J connectivity index is 1.54. The second kappa shape index (κ2) is 6.46. The van der Waals surface area contributed by atoms with Gasteiger partial charge in [-0.3, -0.25) is 0 Å². The van der Waals surface area contributed by atoms with Crippen molar-refractivity contribution in [1.82, 2.24) is 10.3 Å². The van der Waals surface area contributed by atoms with Crippen molar-refractivity contribution in [3.05, 3.63) is 65.9 Å². The number of aromatic nitrogens is 1. The number of fused-ring (bicyclic) bond motifs is 1. The molecule has 3 nitrogen and oxygen atoms in total. The Labute approximate surface area is 125 Å². The first-order valence-corrected chi connectivity index (χ1v) is 7.25. The maximum Gasteiger partial charge on any atom is 0.123 e. The molecule has 0 atom stereocenters. The van der Waals surface area contributed by atoms with E-state index in [0.29, 0.717) is 0 Å². The fourth-order valence-electron chi connectivity index (χ4n) is 2.56. The summed E-state index contributed by atoms with van der Waals surface area (Å²) >= 11 is 0. The van der Waals surface area contributed by atoms with E-state index >= 15 is 0 Å². The summed E-state index contributed by atoms with van der Waals surface area (Å²) < 4.78 is 5.36. The summed E-state index contributed by atoms with van der Waals surface area (Å²) in [6.07, 6.45) is 3.00. The first kappa shape index (κ1) is 13.7. The van der Waals surface area contributed by atoms with E-state index in [2.05, 4.69) is 40.6 Å². The van der Waals surface area contributed by atoms with Gasteiger partial charge in [0, 0.05) is 23.8 Å². The van der Waals surface area contributed by atoms with Crippen LogP contribution in [0, 0.1) is 0 Å². The van der Waals surface area contributed by atoms with Crippen molar-refractivity contribution < 1.29 is 4.74 Å². The van der Waals surface area contributed by atoms with Crippen LogP contribution in [0.2, 0.25) is 0 Å². The van der Waals surface area contributed by atoms with Gasteiger partial charge in [0.2, 0.25) is 0 Å². The number of methoxy groups -OCH3 is 1. The first-order valence-electron chi connectivity index (χ1n) is 7.25. The molecule has 2 N–H and O–H groups in total. The normalized spacial score (nSPS) is 10.9. The molecule has 108 valence electrons. The number of ether oxygens (including phenoxy) is 1. The Morgan fingerprint density at radius 3 is 2.90 bits per heavy atom. The van der Waals surface area contributed by atoms with Crippen LogP contribution in [0.15, 0.2) is 54.7 Å². The zero-order chi connectivity index (χ0) is 14.5. The molecule has 1 aromatic heterocycles. The van der Waals surface area contributed by atoms with Crippen LogP contribution in [-0.4, -0.2) is 18.6 Å². The number of hydrogen-bond acceptors (Lipinski definition) is 2. The summed E-state index contributed by atoms with van der Waals surface area (Å²) in [6.45, 7) is 1.78. The highest BCUT2D eigenvalue weighted by molar-refractivity contribution is 5.79. The number of aromatic amines is 1. The first-order chi connectivity index (χ1) is 10.4. The van der Waals surface area contributed by atoms with E-state index < -0.39 is 0 Å². The van der Waals surface area contributed by atoms with E-state index in [4.69, 9.17) is 4.74 Å². The van der Waals surface area contributed by atoms with Crippen molar-refractivity contribution in [3.8, 4) is 5.75 Å². The summed E-state index contributed by atoms with van der Waals surface area (Å²) in [7, 11) is 1.71. The molecule has 0 bridgehead atoms. The number of hydrogen-bond donors (Lipinski definition) is 2. The van der Waals surface area contributed by atoms with Crippen LogP contribution in [-0.2, 0) is 13.0 Å². The van der Waals surface area contributed by atoms with Crippen LogP contribution in [0.3, 0.4) is 0 Å².